The summed E-state index contributed by atoms with van der Waals surface area (Å²) in [6, 6.07) is 32.8. The monoisotopic (exact) mass is 1440 g/mol. The Hall–Kier alpha value is -9.32. The number of hydrogen-bond acceptors (Lipinski definition) is 14. The van der Waals surface area contributed by atoms with E-state index in [-0.39, 0.29) is 159 Å². The van der Waals surface area contributed by atoms with Gasteiger partial charge in [-0.2, -0.15) is 0 Å². The molecule has 10 N–H and O–H groups in total. The van der Waals surface area contributed by atoms with Gasteiger partial charge in [-0.3, -0.25) is 53.3 Å². The molecule has 7 amide bonds. The number of ketones is 2. The Labute approximate surface area is 624 Å². The maximum absolute atomic E-state index is 14.5. The lowest BCUT2D eigenvalue weighted by molar-refractivity contribution is -0.146. The van der Waals surface area contributed by atoms with Gasteiger partial charge >= 0.3 is 5.97 Å². The Morgan fingerprint density at radius 3 is 2.12 bits per heavy atom. The highest BCUT2D eigenvalue weighted by molar-refractivity contribution is 6.00. The number of nitrogens with one attached hydrogen (secondary N) is 4. The van der Waals surface area contributed by atoms with Crippen LogP contribution in [0.4, 0.5) is 17.1 Å². The minimum absolute atomic E-state index is 0.0104. The number of benzene rings is 5. The van der Waals surface area contributed by atoms with Gasteiger partial charge in [0.2, 0.25) is 41.4 Å². The lowest BCUT2D eigenvalue weighted by atomic mass is 9.49. The second kappa shape index (κ2) is 36.3. The van der Waals surface area contributed by atoms with Crippen LogP contribution in [0.15, 0.2) is 109 Å². The number of para-hydroxylation sites is 1. The number of nitrogen functional groups attached to an aromatic ring is 1. The molecule has 4 aliphatic carbocycles. The van der Waals surface area contributed by atoms with E-state index < -0.39 is 35.2 Å². The summed E-state index contributed by atoms with van der Waals surface area (Å²) in [7, 11) is 0. The number of primary amides is 1. The van der Waals surface area contributed by atoms with Crippen molar-refractivity contribution >= 4 is 75.9 Å². The molecule has 20 nitrogen and oxygen atoms in total. The number of carbonyl (C=O) groups is 10. The number of Topliss-reactive ketones (excluding diaryl/α,β-unsaturated/α-hetero) is 2. The molecule has 2 saturated carbocycles. The molecule has 0 radical (unpaired) electrons. The molecule has 5 aliphatic rings. The normalized spacial score (nSPS) is 21.3. The minimum Gasteiger partial charge on any atom is -0.461 e. The van der Waals surface area contributed by atoms with Crippen molar-refractivity contribution in [2.75, 3.05) is 35.7 Å². The highest BCUT2D eigenvalue weighted by Gasteiger charge is 2.56. The first-order valence-corrected chi connectivity index (χ1v) is 38.5. The van der Waals surface area contributed by atoms with Crippen LogP contribution in [-0.4, -0.2) is 90.7 Å². The van der Waals surface area contributed by atoms with Crippen molar-refractivity contribution in [3.05, 3.63) is 159 Å². The number of rotatable bonds is 34. The van der Waals surface area contributed by atoms with Gasteiger partial charge in [0.05, 0.1) is 42.9 Å². The number of esters is 1. The van der Waals surface area contributed by atoms with Crippen LogP contribution in [0.3, 0.4) is 0 Å². The van der Waals surface area contributed by atoms with Crippen molar-refractivity contribution in [3.63, 3.8) is 0 Å². The van der Waals surface area contributed by atoms with Crippen molar-refractivity contribution in [1.82, 2.24) is 16.0 Å². The molecule has 0 bridgehead atoms. The van der Waals surface area contributed by atoms with E-state index in [1.54, 1.807) is 29.2 Å². The van der Waals surface area contributed by atoms with Gasteiger partial charge in [-0.15, -0.1) is 0 Å². The molecule has 1 heterocycles. The van der Waals surface area contributed by atoms with Crippen LogP contribution in [0.2, 0.25) is 0 Å². The highest BCUT2D eigenvalue weighted by Crippen LogP contribution is 2.58. The SMILES string of the molecule is CC(C)[C@H](CC(=O)CCOCCNC(=O)CCC(=O)N1Cc2ccccc2C#Cc2ccccc21)C(=O)N[C@@H](CCCCC(N)=O)C(=O)Cc1ccc(COC(=O)CCCCC[C@H](N)C(=O)Nc2ccc3c(c2)[C@@]2(C)CCCC(C(=O)NC(=O)[C@@]4(C)CCC[C@]5(C)c6cc(N)ccc6CC[C@@H]45)[C@@H]2CC3)cc1. The highest BCUT2D eigenvalue weighted by atomic mass is 16.5. The van der Waals surface area contributed by atoms with Gasteiger partial charge in [-0.25, -0.2) is 0 Å². The first-order chi connectivity index (χ1) is 50.8. The molecule has 5 aromatic carbocycles. The third-order valence-corrected chi connectivity index (χ3v) is 23.5. The molecule has 1 unspecified atom stereocenters. The van der Waals surface area contributed by atoms with Crippen molar-refractivity contribution in [1.29, 1.82) is 0 Å². The van der Waals surface area contributed by atoms with Crippen LogP contribution in [0.25, 0.3) is 0 Å². The Balaban J connectivity index is 0.609. The molecular formula is C86H108N8O12. The summed E-state index contributed by atoms with van der Waals surface area (Å²) in [4.78, 5) is 136. The zero-order valence-electron chi connectivity index (χ0n) is 62.5. The van der Waals surface area contributed by atoms with E-state index in [1.807, 2.05) is 74.5 Å². The number of carbonyl (C=O) groups excluding carboxylic acids is 10. The number of nitrogens with zero attached hydrogens (tertiary/aromatic N) is 1. The molecule has 1 aliphatic heterocycles. The molecule has 0 saturated heterocycles. The zero-order valence-corrected chi connectivity index (χ0v) is 62.5. The fourth-order valence-electron chi connectivity index (χ4n) is 17.4. The molecule has 0 spiro atoms. The van der Waals surface area contributed by atoms with E-state index in [0.29, 0.717) is 62.0 Å². The molecule has 10 rings (SSSR count). The van der Waals surface area contributed by atoms with E-state index in [4.69, 9.17) is 26.7 Å². The Morgan fingerprint density at radius 1 is 0.660 bits per heavy atom. The Morgan fingerprint density at radius 2 is 1.35 bits per heavy atom. The molecule has 5 aromatic rings. The summed E-state index contributed by atoms with van der Waals surface area (Å²) in [5, 5.41) is 11.8. The number of aryl methyl sites for hydroxylation is 2. The van der Waals surface area contributed by atoms with Gasteiger partial charge in [0.15, 0.2) is 5.78 Å². The van der Waals surface area contributed by atoms with Gasteiger partial charge in [0.1, 0.15) is 12.4 Å². The van der Waals surface area contributed by atoms with E-state index in [0.717, 1.165) is 97.7 Å². The molecule has 20 heteroatoms. The summed E-state index contributed by atoms with van der Waals surface area (Å²) < 4.78 is 11.3. The summed E-state index contributed by atoms with van der Waals surface area (Å²) in [6.45, 7) is 11.0. The lowest BCUT2D eigenvalue weighted by Gasteiger charge is -2.54. The third-order valence-electron chi connectivity index (χ3n) is 23.5. The average molecular weight is 1450 g/mol. The summed E-state index contributed by atoms with van der Waals surface area (Å²) in [5.74, 6) is 2.33. The van der Waals surface area contributed by atoms with Crippen LogP contribution in [0, 0.1) is 46.8 Å². The fraction of sp³-hybridized carbons (Fsp3) is 0.512. The minimum atomic E-state index is -0.898. The van der Waals surface area contributed by atoms with E-state index >= 15 is 0 Å². The number of ether oxygens (including phenoxy) is 2. The van der Waals surface area contributed by atoms with E-state index in [1.165, 1.54) is 16.7 Å². The molecule has 9 atom stereocenters. The zero-order chi connectivity index (χ0) is 75.7. The van der Waals surface area contributed by atoms with Crippen molar-refractivity contribution in [3.8, 4) is 11.8 Å². The molecular weight excluding hydrogens is 1340 g/mol. The number of imide groups is 1. The van der Waals surface area contributed by atoms with Crippen molar-refractivity contribution in [2.45, 2.75) is 225 Å². The van der Waals surface area contributed by atoms with Gasteiger partial charge in [-0.1, -0.05) is 145 Å². The van der Waals surface area contributed by atoms with Crippen LogP contribution in [-0.2, 0) is 101 Å². The number of nitrogens with two attached hydrogens (primary N) is 3. The second-order valence-electron chi connectivity index (χ2n) is 31.2. The lowest BCUT2D eigenvalue weighted by Crippen LogP contribution is -2.57. The maximum atomic E-state index is 14.5. The first-order valence-electron chi connectivity index (χ1n) is 38.5. The molecule has 564 valence electrons. The predicted molar refractivity (Wildman–Crippen MR) is 408 cm³/mol. The summed E-state index contributed by atoms with van der Waals surface area (Å²) in [6.07, 6.45) is 12.1. The van der Waals surface area contributed by atoms with Crippen molar-refractivity contribution in [2.24, 2.45) is 46.5 Å². The standard InChI is InChI=1S/C86H108N8O12/c1-55(2)67(52-65(95)42-47-105-48-46-90-77(98)40-41-78(99)94-53-62-19-10-9-17-58(62)30-31-61-18-11-13-23-73(61)94)81(102)92-72(22-12-14-24-76(89)97)74(96)49-56-26-28-57(29-27-56)54-106-79(100)25-8-6-7-21-71(88)82(103)91-64-37-33-60-34-38-68-66(20-15-43-84(68,3)70(60)51-64)80(101)93-83(104)86(5)45-16-44-85(4)69-50-63(87)36-32-59(69)35-39-75(85)86/h9-11,13,17-19,23,26-29,32-33,36-37,50-51,55,66-68,71-72,75H,6-8,12,14-16,20-22,24-25,34-35,38-49,52-54,87-88H2,1-5H3,(H2,89,97)(H,90,98)(H,91,103)(H,92,102)(H,93,101,104)/t66?,67-,68-,71-,72-,75+,84-,85+,86-/m0/s1. The fourth-order valence-corrected chi connectivity index (χ4v) is 17.4. The number of anilines is 3. The van der Waals surface area contributed by atoms with Crippen LogP contribution in [0.1, 0.15) is 220 Å². The largest absolute Gasteiger partial charge is 0.461 e. The number of hydrogen-bond donors (Lipinski definition) is 7. The average Bonchev–Trinajstić information content (AvgIpc) is 0.727. The van der Waals surface area contributed by atoms with Gasteiger partial charge in [0, 0.05) is 85.8 Å². The molecule has 106 heavy (non-hydrogen) atoms. The van der Waals surface area contributed by atoms with Crippen molar-refractivity contribution < 1.29 is 57.4 Å². The summed E-state index contributed by atoms with van der Waals surface area (Å²) in [5.41, 5.74) is 27.8. The number of amides is 7. The Bertz CT molecular complexity index is 4120. The van der Waals surface area contributed by atoms with Crippen LogP contribution < -0.4 is 43.4 Å². The van der Waals surface area contributed by atoms with Crippen LogP contribution >= 0.6 is 0 Å². The maximum Gasteiger partial charge on any atom is 0.306 e. The molecule has 0 aromatic heterocycles. The number of unbranched alkanes of at least 4 members (excludes halogenated alkanes) is 3. The predicted octanol–water partition coefficient (Wildman–Crippen LogP) is 11.3. The second-order valence-corrected chi connectivity index (χ2v) is 31.2. The van der Waals surface area contributed by atoms with Gasteiger partial charge in [0.25, 0.3) is 0 Å². The number of fused-ring (bicyclic) bond motifs is 8. The third kappa shape index (κ3) is 19.8. The Kier molecular flexibility index (Phi) is 27.2. The van der Waals surface area contributed by atoms with Crippen LogP contribution in [0.5, 0.6) is 0 Å². The smallest absolute Gasteiger partial charge is 0.306 e. The topological polar surface area (TPSA) is 319 Å². The van der Waals surface area contributed by atoms with E-state index in [9.17, 15) is 47.9 Å². The summed E-state index contributed by atoms with van der Waals surface area (Å²) >= 11 is 0. The quantitative estimate of drug-likeness (QED) is 0.00662. The van der Waals surface area contributed by atoms with Gasteiger partial charge in [-0.05, 0) is 187 Å². The molecule has 2 fully saturated rings. The first kappa shape index (κ1) is 79.2. The van der Waals surface area contributed by atoms with E-state index in [2.05, 4.69) is 78.1 Å². The van der Waals surface area contributed by atoms with Gasteiger partial charge < -0.3 is 47.5 Å².